The van der Waals surface area contributed by atoms with Gasteiger partial charge in [0.1, 0.15) is 16.2 Å². The van der Waals surface area contributed by atoms with Crippen LogP contribution in [0, 0.1) is 0 Å². The molecule has 5 rings (SSSR count). The molecular weight excluding hydrogens is 346 g/mol. The first kappa shape index (κ1) is 15.6. The van der Waals surface area contributed by atoms with Crippen molar-refractivity contribution in [3.8, 4) is 11.4 Å². The summed E-state index contributed by atoms with van der Waals surface area (Å²) >= 11 is 1.54. The number of fused-ring (bicyclic) bond motifs is 2. The van der Waals surface area contributed by atoms with Crippen LogP contribution in [-0.4, -0.2) is 34.1 Å². The second-order valence-electron chi connectivity index (χ2n) is 6.66. The van der Waals surface area contributed by atoms with Crippen molar-refractivity contribution in [2.45, 2.75) is 18.9 Å². The van der Waals surface area contributed by atoms with Gasteiger partial charge in [-0.25, -0.2) is 4.98 Å². The predicted octanol–water partition coefficient (Wildman–Crippen LogP) is 3.30. The van der Waals surface area contributed by atoms with Crippen LogP contribution in [0.15, 0.2) is 40.5 Å². The van der Waals surface area contributed by atoms with Crippen molar-refractivity contribution in [2.75, 3.05) is 18.4 Å². The van der Waals surface area contributed by atoms with E-state index in [2.05, 4.69) is 31.7 Å². The minimum absolute atomic E-state index is 0.120. The van der Waals surface area contributed by atoms with Gasteiger partial charge in [0.25, 0.3) is 5.56 Å². The van der Waals surface area contributed by atoms with Gasteiger partial charge in [-0.15, -0.1) is 11.3 Å². The highest BCUT2D eigenvalue weighted by Crippen LogP contribution is 2.33. The molecule has 0 saturated carbocycles. The summed E-state index contributed by atoms with van der Waals surface area (Å²) in [5, 5.41) is 10.1. The van der Waals surface area contributed by atoms with Crippen molar-refractivity contribution in [3.05, 3.63) is 46.1 Å². The summed E-state index contributed by atoms with van der Waals surface area (Å²) in [6, 6.07) is 10.2. The van der Waals surface area contributed by atoms with E-state index >= 15 is 0 Å². The molecule has 0 aliphatic carbocycles. The zero-order valence-electron chi connectivity index (χ0n) is 14.1. The van der Waals surface area contributed by atoms with Gasteiger partial charge in [-0.05, 0) is 43.0 Å². The molecule has 0 amide bonds. The lowest BCUT2D eigenvalue weighted by Crippen LogP contribution is -2.38. The lowest BCUT2D eigenvalue weighted by atomic mass is 10.1. The number of hydrogen-bond donors (Lipinski definition) is 4. The Morgan fingerprint density at radius 1 is 1.19 bits per heavy atom. The third-order valence-corrected chi connectivity index (χ3v) is 5.74. The van der Waals surface area contributed by atoms with Crippen LogP contribution < -0.4 is 16.2 Å². The van der Waals surface area contributed by atoms with Crippen LogP contribution in [0.4, 0.5) is 5.69 Å². The van der Waals surface area contributed by atoms with Crippen molar-refractivity contribution in [3.63, 3.8) is 0 Å². The Hall–Kier alpha value is -2.64. The molecule has 0 unspecified atom stereocenters. The minimum Gasteiger partial charge on any atom is -0.380 e. The predicted molar refractivity (Wildman–Crippen MR) is 107 cm³/mol. The molecule has 4 heterocycles. The number of para-hydroxylation sites is 2. The fraction of sp³-hybridized carbons (Fsp3) is 0.263. The van der Waals surface area contributed by atoms with Crippen LogP contribution in [0.1, 0.15) is 12.8 Å². The highest BCUT2D eigenvalue weighted by atomic mass is 32.1. The molecule has 1 aliphatic rings. The average molecular weight is 365 g/mol. The number of piperidine rings is 1. The summed E-state index contributed by atoms with van der Waals surface area (Å²) in [6.07, 6.45) is 2.22. The number of thiophene rings is 1. The van der Waals surface area contributed by atoms with Crippen molar-refractivity contribution in [1.29, 1.82) is 0 Å². The monoisotopic (exact) mass is 365 g/mol. The SMILES string of the molecule is O=c1[nH]c2sccc2c(N[C@H]2CCCNC2)c1-c1nc2ccccc2[nH]1. The van der Waals surface area contributed by atoms with Crippen molar-refractivity contribution in [2.24, 2.45) is 0 Å². The standard InChI is InChI=1S/C19H19N5OS/c25-18-15(17-22-13-5-1-2-6-14(13)23-17)16(12-7-9-26-19(12)24-18)21-11-4-3-8-20-10-11/h1-2,5-7,9,11,20H,3-4,8,10H2,(H,22,23)(H2,21,24,25)/t11-/m0/s1. The van der Waals surface area contributed by atoms with Gasteiger partial charge in [-0.1, -0.05) is 12.1 Å². The van der Waals surface area contributed by atoms with E-state index in [-0.39, 0.29) is 5.56 Å². The summed E-state index contributed by atoms with van der Waals surface area (Å²) in [5.74, 6) is 0.604. The number of anilines is 1. The number of benzene rings is 1. The Morgan fingerprint density at radius 3 is 2.96 bits per heavy atom. The second kappa shape index (κ2) is 6.26. The Labute approximate surface area is 153 Å². The molecule has 6 nitrogen and oxygen atoms in total. The van der Waals surface area contributed by atoms with Crippen LogP contribution in [0.25, 0.3) is 32.6 Å². The molecule has 0 spiro atoms. The van der Waals surface area contributed by atoms with E-state index in [1.807, 2.05) is 29.6 Å². The van der Waals surface area contributed by atoms with Crippen molar-refractivity contribution < 1.29 is 0 Å². The molecular formula is C19H19N5OS. The largest absolute Gasteiger partial charge is 0.380 e. The molecule has 1 aliphatic heterocycles. The fourth-order valence-electron chi connectivity index (χ4n) is 3.64. The Bertz CT molecular complexity index is 1100. The topological polar surface area (TPSA) is 85.6 Å². The number of aromatic nitrogens is 3. The normalized spacial score (nSPS) is 17.8. The zero-order chi connectivity index (χ0) is 17.5. The molecule has 4 aromatic rings. The van der Waals surface area contributed by atoms with E-state index in [9.17, 15) is 4.79 Å². The number of rotatable bonds is 3. The quantitative estimate of drug-likeness (QED) is 0.449. The van der Waals surface area contributed by atoms with Gasteiger partial charge in [0.15, 0.2) is 0 Å². The van der Waals surface area contributed by atoms with Crippen LogP contribution in [0.2, 0.25) is 0 Å². The number of pyridine rings is 1. The molecule has 132 valence electrons. The Kier molecular flexibility index (Phi) is 3.76. The molecule has 1 aromatic carbocycles. The van der Waals surface area contributed by atoms with Crippen molar-refractivity contribution >= 4 is 38.3 Å². The summed E-state index contributed by atoms with van der Waals surface area (Å²) in [6.45, 7) is 1.95. The van der Waals surface area contributed by atoms with E-state index in [1.54, 1.807) is 11.3 Å². The molecule has 0 bridgehead atoms. The molecule has 1 atom stereocenters. The number of H-pyrrole nitrogens is 2. The van der Waals surface area contributed by atoms with E-state index < -0.39 is 0 Å². The molecule has 1 saturated heterocycles. The molecule has 4 N–H and O–H groups in total. The molecule has 3 aromatic heterocycles. The highest BCUT2D eigenvalue weighted by Gasteiger charge is 2.21. The van der Waals surface area contributed by atoms with Crippen LogP contribution in [0.3, 0.4) is 0 Å². The fourth-order valence-corrected chi connectivity index (χ4v) is 4.43. The lowest BCUT2D eigenvalue weighted by molar-refractivity contribution is 0.480. The van der Waals surface area contributed by atoms with Crippen LogP contribution in [0.5, 0.6) is 0 Å². The van der Waals surface area contributed by atoms with E-state index in [0.717, 1.165) is 52.9 Å². The summed E-state index contributed by atoms with van der Waals surface area (Å²) in [7, 11) is 0. The first-order valence-corrected chi connectivity index (χ1v) is 9.73. The first-order valence-electron chi connectivity index (χ1n) is 8.85. The van der Waals surface area contributed by atoms with Crippen LogP contribution >= 0.6 is 11.3 Å². The summed E-state index contributed by atoms with van der Waals surface area (Å²) < 4.78 is 0. The zero-order valence-corrected chi connectivity index (χ0v) is 15.0. The van der Waals surface area contributed by atoms with E-state index in [0.29, 0.717) is 17.4 Å². The molecule has 1 fully saturated rings. The van der Waals surface area contributed by atoms with Gasteiger partial charge >= 0.3 is 0 Å². The molecule has 0 radical (unpaired) electrons. The summed E-state index contributed by atoms with van der Waals surface area (Å²) in [4.78, 5) is 24.8. The number of nitrogens with one attached hydrogen (secondary N) is 4. The van der Waals surface area contributed by atoms with Gasteiger partial charge in [0, 0.05) is 18.0 Å². The number of nitrogens with zero attached hydrogens (tertiary/aromatic N) is 1. The minimum atomic E-state index is -0.120. The number of hydrogen-bond acceptors (Lipinski definition) is 5. The van der Waals surface area contributed by atoms with Crippen LogP contribution in [-0.2, 0) is 0 Å². The first-order chi connectivity index (χ1) is 12.8. The maximum atomic E-state index is 12.9. The summed E-state index contributed by atoms with van der Waals surface area (Å²) in [5.41, 5.74) is 3.12. The maximum Gasteiger partial charge on any atom is 0.262 e. The third-order valence-electron chi connectivity index (χ3n) is 4.91. The smallest absolute Gasteiger partial charge is 0.262 e. The highest BCUT2D eigenvalue weighted by molar-refractivity contribution is 7.16. The van der Waals surface area contributed by atoms with Gasteiger partial charge in [0.2, 0.25) is 0 Å². The Balaban J connectivity index is 1.71. The van der Waals surface area contributed by atoms with Gasteiger partial charge in [-0.3, -0.25) is 4.79 Å². The van der Waals surface area contributed by atoms with Crippen molar-refractivity contribution in [1.82, 2.24) is 20.3 Å². The average Bonchev–Trinajstić information content (AvgIpc) is 3.28. The Morgan fingerprint density at radius 2 is 2.12 bits per heavy atom. The van der Waals surface area contributed by atoms with E-state index in [1.165, 1.54) is 0 Å². The van der Waals surface area contributed by atoms with Gasteiger partial charge < -0.3 is 20.6 Å². The maximum absolute atomic E-state index is 12.9. The van der Waals surface area contributed by atoms with E-state index in [4.69, 9.17) is 0 Å². The van der Waals surface area contributed by atoms with Gasteiger partial charge in [-0.2, -0.15) is 0 Å². The lowest BCUT2D eigenvalue weighted by Gasteiger charge is -2.26. The van der Waals surface area contributed by atoms with Gasteiger partial charge in [0.05, 0.1) is 16.7 Å². The number of aromatic amines is 2. The second-order valence-corrected chi connectivity index (χ2v) is 7.57. The molecule has 7 heteroatoms. The number of imidazole rings is 1. The third kappa shape index (κ3) is 2.60. The molecule has 26 heavy (non-hydrogen) atoms.